The molecule has 1 aliphatic rings. The maximum absolute atomic E-state index is 12.4. The Kier molecular flexibility index (Phi) is 4.88. The molecular formula is C15H17ClN4O3S. The summed E-state index contributed by atoms with van der Waals surface area (Å²) in [5.41, 5.74) is 1.11. The maximum atomic E-state index is 12.4. The predicted octanol–water partition coefficient (Wildman–Crippen LogP) is 2.08. The van der Waals surface area contributed by atoms with E-state index in [1.54, 1.807) is 6.07 Å². The summed E-state index contributed by atoms with van der Waals surface area (Å²) >= 11 is 6.00. The van der Waals surface area contributed by atoms with E-state index in [2.05, 4.69) is 14.7 Å². The summed E-state index contributed by atoms with van der Waals surface area (Å²) in [6.07, 6.45) is 2.90. The van der Waals surface area contributed by atoms with Crippen LogP contribution < -0.4 is 9.62 Å². The van der Waals surface area contributed by atoms with Crippen LogP contribution in [0.2, 0.25) is 5.02 Å². The summed E-state index contributed by atoms with van der Waals surface area (Å²) in [5, 5.41) is 0.400. The molecule has 2 aromatic rings. The van der Waals surface area contributed by atoms with Gasteiger partial charge in [-0.15, -0.1) is 0 Å². The molecule has 1 N–H and O–H groups in total. The van der Waals surface area contributed by atoms with Gasteiger partial charge in [0.25, 0.3) is 10.0 Å². The summed E-state index contributed by atoms with van der Waals surface area (Å²) in [6, 6.07) is 4.59. The second-order valence-electron chi connectivity index (χ2n) is 5.39. The first-order valence-corrected chi connectivity index (χ1v) is 9.25. The van der Waals surface area contributed by atoms with Crippen molar-refractivity contribution in [3.05, 3.63) is 41.2 Å². The second kappa shape index (κ2) is 6.92. The van der Waals surface area contributed by atoms with Gasteiger partial charge in [-0.1, -0.05) is 17.7 Å². The fourth-order valence-corrected chi connectivity index (χ4v) is 3.55. The van der Waals surface area contributed by atoms with Crippen molar-refractivity contribution in [3.8, 4) is 0 Å². The average molecular weight is 369 g/mol. The highest BCUT2D eigenvalue weighted by molar-refractivity contribution is 7.92. The molecule has 0 spiro atoms. The van der Waals surface area contributed by atoms with Gasteiger partial charge in [0.05, 0.1) is 36.2 Å². The van der Waals surface area contributed by atoms with Crippen LogP contribution in [0.15, 0.2) is 35.5 Å². The summed E-state index contributed by atoms with van der Waals surface area (Å²) in [6.45, 7) is 4.50. The number of ether oxygens (including phenoxy) is 1. The van der Waals surface area contributed by atoms with Crippen molar-refractivity contribution in [1.82, 2.24) is 9.97 Å². The standard InChI is InChI=1S/C15H17ClN4O3S/c1-11-2-3-13(8-14(11)16)24(21,22)19-12-9-17-15(18-10-12)20-4-6-23-7-5-20/h2-3,8-10,19H,4-7H2,1H3. The summed E-state index contributed by atoms with van der Waals surface area (Å²) in [7, 11) is -3.74. The molecule has 3 rings (SSSR count). The Morgan fingerprint density at radius 3 is 2.50 bits per heavy atom. The van der Waals surface area contributed by atoms with Gasteiger partial charge in [0.1, 0.15) is 0 Å². The molecular weight excluding hydrogens is 352 g/mol. The molecule has 2 heterocycles. The Morgan fingerprint density at radius 1 is 1.21 bits per heavy atom. The van der Waals surface area contributed by atoms with E-state index in [0.717, 1.165) is 5.56 Å². The molecule has 1 aromatic carbocycles. The quantitative estimate of drug-likeness (QED) is 0.889. The van der Waals surface area contributed by atoms with Crippen LogP contribution in [0.3, 0.4) is 0 Å². The summed E-state index contributed by atoms with van der Waals surface area (Å²) < 4.78 is 32.5. The molecule has 128 valence electrons. The molecule has 1 aliphatic heterocycles. The highest BCUT2D eigenvalue weighted by atomic mass is 35.5. The van der Waals surface area contributed by atoms with Crippen molar-refractivity contribution in [2.24, 2.45) is 0 Å². The van der Waals surface area contributed by atoms with E-state index >= 15 is 0 Å². The average Bonchev–Trinajstić information content (AvgIpc) is 2.58. The molecule has 0 amide bonds. The molecule has 0 atom stereocenters. The Labute approximate surface area is 145 Å². The second-order valence-corrected chi connectivity index (χ2v) is 7.48. The van der Waals surface area contributed by atoms with Crippen molar-refractivity contribution in [1.29, 1.82) is 0 Å². The van der Waals surface area contributed by atoms with E-state index < -0.39 is 10.0 Å². The Balaban J connectivity index is 1.76. The van der Waals surface area contributed by atoms with Gasteiger partial charge in [-0.05, 0) is 24.6 Å². The van der Waals surface area contributed by atoms with Gasteiger partial charge >= 0.3 is 0 Å². The van der Waals surface area contributed by atoms with Crippen molar-refractivity contribution >= 4 is 33.3 Å². The molecule has 1 saturated heterocycles. The van der Waals surface area contributed by atoms with Crippen molar-refractivity contribution in [2.45, 2.75) is 11.8 Å². The lowest BCUT2D eigenvalue weighted by Gasteiger charge is -2.26. The third kappa shape index (κ3) is 3.77. The highest BCUT2D eigenvalue weighted by Crippen LogP contribution is 2.22. The van der Waals surface area contributed by atoms with Gasteiger partial charge in [0.2, 0.25) is 5.95 Å². The molecule has 0 unspecified atom stereocenters. The third-order valence-corrected chi connectivity index (χ3v) is 5.42. The minimum absolute atomic E-state index is 0.0929. The van der Waals surface area contributed by atoms with E-state index in [-0.39, 0.29) is 4.90 Å². The number of hydrogen-bond acceptors (Lipinski definition) is 6. The first kappa shape index (κ1) is 16.9. The van der Waals surface area contributed by atoms with Crippen molar-refractivity contribution in [2.75, 3.05) is 35.9 Å². The van der Waals surface area contributed by atoms with Crippen molar-refractivity contribution in [3.63, 3.8) is 0 Å². The fraction of sp³-hybridized carbons (Fsp3) is 0.333. The SMILES string of the molecule is Cc1ccc(S(=O)(=O)Nc2cnc(N3CCOCC3)nc2)cc1Cl. The van der Waals surface area contributed by atoms with Gasteiger partial charge in [0.15, 0.2) is 0 Å². The smallest absolute Gasteiger partial charge is 0.262 e. The minimum atomic E-state index is -3.74. The van der Waals surface area contributed by atoms with E-state index in [9.17, 15) is 8.42 Å². The lowest BCUT2D eigenvalue weighted by Crippen LogP contribution is -2.37. The Morgan fingerprint density at radius 2 is 1.88 bits per heavy atom. The number of rotatable bonds is 4. The molecule has 1 fully saturated rings. The molecule has 0 bridgehead atoms. The van der Waals surface area contributed by atoms with Gasteiger partial charge < -0.3 is 9.64 Å². The number of halogens is 1. The summed E-state index contributed by atoms with van der Waals surface area (Å²) in [4.78, 5) is 10.5. The number of morpholine rings is 1. The van der Waals surface area contributed by atoms with Crippen LogP contribution in [0.25, 0.3) is 0 Å². The molecule has 0 aliphatic carbocycles. The zero-order valence-corrected chi connectivity index (χ0v) is 14.6. The highest BCUT2D eigenvalue weighted by Gasteiger charge is 2.17. The Bertz CT molecular complexity index is 821. The van der Waals surface area contributed by atoms with E-state index in [1.807, 2.05) is 11.8 Å². The van der Waals surface area contributed by atoms with Crippen LogP contribution in [-0.4, -0.2) is 44.7 Å². The zero-order valence-electron chi connectivity index (χ0n) is 13.1. The minimum Gasteiger partial charge on any atom is -0.378 e. The number of hydrogen-bond donors (Lipinski definition) is 1. The summed E-state index contributed by atoms with van der Waals surface area (Å²) in [5.74, 6) is 0.555. The third-order valence-electron chi connectivity index (χ3n) is 3.64. The monoisotopic (exact) mass is 368 g/mol. The zero-order chi connectivity index (χ0) is 17.2. The van der Waals surface area contributed by atoms with E-state index in [4.69, 9.17) is 16.3 Å². The molecule has 9 heteroatoms. The number of nitrogens with zero attached hydrogens (tertiary/aromatic N) is 3. The number of sulfonamides is 1. The number of benzene rings is 1. The van der Waals surface area contributed by atoms with Gasteiger partial charge in [-0.3, -0.25) is 4.72 Å². The van der Waals surface area contributed by atoms with Crippen LogP contribution in [0.4, 0.5) is 11.6 Å². The van der Waals surface area contributed by atoms with Crippen LogP contribution in [0, 0.1) is 6.92 Å². The number of anilines is 2. The molecule has 24 heavy (non-hydrogen) atoms. The number of aromatic nitrogens is 2. The molecule has 0 saturated carbocycles. The normalized spacial score (nSPS) is 15.3. The fourth-order valence-electron chi connectivity index (χ4n) is 2.26. The van der Waals surface area contributed by atoms with Gasteiger partial charge in [-0.2, -0.15) is 0 Å². The van der Waals surface area contributed by atoms with Crippen molar-refractivity contribution < 1.29 is 13.2 Å². The maximum Gasteiger partial charge on any atom is 0.262 e. The first-order chi connectivity index (χ1) is 11.5. The number of nitrogens with one attached hydrogen (secondary N) is 1. The van der Waals surface area contributed by atoms with E-state index in [0.29, 0.717) is 43.0 Å². The lowest BCUT2D eigenvalue weighted by molar-refractivity contribution is 0.122. The van der Waals surface area contributed by atoms with Crippen LogP contribution in [-0.2, 0) is 14.8 Å². The van der Waals surface area contributed by atoms with Crippen LogP contribution in [0.5, 0.6) is 0 Å². The topological polar surface area (TPSA) is 84.4 Å². The van der Waals surface area contributed by atoms with Gasteiger partial charge in [-0.25, -0.2) is 18.4 Å². The largest absolute Gasteiger partial charge is 0.378 e. The lowest BCUT2D eigenvalue weighted by atomic mass is 10.2. The van der Waals surface area contributed by atoms with Gasteiger partial charge in [0, 0.05) is 18.1 Å². The Hall–Kier alpha value is -1.90. The number of aryl methyl sites for hydroxylation is 1. The molecule has 0 radical (unpaired) electrons. The van der Waals surface area contributed by atoms with Crippen LogP contribution in [0.1, 0.15) is 5.56 Å². The predicted molar refractivity (Wildman–Crippen MR) is 92.1 cm³/mol. The molecule has 1 aromatic heterocycles. The van der Waals surface area contributed by atoms with Crippen LogP contribution >= 0.6 is 11.6 Å². The molecule has 7 nitrogen and oxygen atoms in total. The first-order valence-electron chi connectivity index (χ1n) is 7.39. The van der Waals surface area contributed by atoms with E-state index in [1.165, 1.54) is 24.5 Å².